The summed E-state index contributed by atoms with van der Waals surface area (Å²) in [5.41, 5.74) is 3.59. The fourth-order valence-electron chi connectivity index (χ4n) is 5.64. The molecule has 2 atom stereocenters. The second-order valence-corrected chi connectivity index (χ2v) is 12.7. The zero-order valence-electron chi connectivity index (χ0n) is 23.3. The molecule has 2 aromatic rings. The van der Waals surface area contributed by atoms with Gasteiger partial charge in [0.2, 0.25) is 5.91 Å². The molecular formula is C31H47NO3. The number of furan rings is 1. The summed E-state index contributed by atoms with van der Waals surface area (Å²) in [7, 11) is 0. The van der Waals surface area contributed by atoms with E-state index in [4.69, 9.17) is 4.42 Å². The Balaban J connectivity index is 1.59. The van der Waals surface area contributed by atoms with Crippen LogP contribution in [0.3, 0.4) is 0 Å². The minimum Gasteiger partial charge on any atom is -0.461 e. The van der Waals surface area contributed by atoms with Gasteiger partial charge in [0.05, 0.1) is 0 Å². The number of carbonyl (C=O) groups is 1. The lowest BCUT2D eigenvalue weighted by Crippen LogP contribution is -2.31. The topological polar surface area (TPSA) is 53.7 Å². The van der Waals surface area contributed by atoms with Gasteiger partial charge in [0.15, 0.2) is 0 Å². The van der Waals surface area contributed by atoms with Gasteiger partial charge >= 0.3 is 0 Å². The van der Waals surface area contributed by atoms with Crippen LogP contribution in [0.1, 0.15) is 98.3 Å². The van der Waals surface area contributed by atoms with Crippen molar-refractivity contribution in [1.82, 2.24) is 4.90 Å². The van der Waals surface area contributed by atoms with E-state index in [1.54, 1.807) is 0 Å². The number of likely N-dealkylation sites (tertiary alicyclic amines) is 1. The number of aliphatic hydroxyl groups excluding tert-OH is 1. The third kappa shape index (κ3) is 6.58. The van der Waals surface area contributed by atoms with E-state index in [2.05, 4.69) is 79.7 Å². The van der Waals surface area contributed by atoms with E-state index in [0.717, 1.165) is 49.1 Å². The summed E-state index contributed by atoms with van der Waals surface area (Å²) in [5, 5.41) is 11.0. The van der Waals surface area contributed by atoms with Crippen molar-refractivity contribution in [1.29, 1.82) is 0 Å². The highest BCUT2D eigenvalue weighted by molar-refractivity contribution is 5.86. The fraction of sp³-hybridized carbons (Fsp3) is 0.645. The lowest BCUT2D eigenvalue weighted by molar-refractivity contribution is -0.127. The normalized spacial score (nSPS) is 18.8. The van der Waals surface area contributed by atoms with Crippen molar-refractivity contribution in [3.05, 3.63) is 47.2 Å². The highest BCUT2D eigenvalue weighted by Crippen LogP contribution is 2.38. The molecule has 1 aromatic heterocycles. The molecule has 3 rings (SSSR count). The van der Waals surface area contributed by atoms with Crippen LogP contribution in [-0.2, 0) is 10.2 Å². The molecule has 0 bridgehead atoms. The number of hydrogen-bond donors (Lipinski definition) is 1. The number of allylic oxidation sites excluding steroid dienone is 1. The molecule has 194 valence electrons. The van der Waals surface area contributed by atoms with Gasteiger partial charge in [0.1, 0.15) is 11.3 Å². The van der Waals surface area contributed by atoms with Gasteiger partial charge in [0, 0.05) is 42.8 Å². The highest BCUT2D eigenvalue weighted by Gasteiger charge is 2.33. The molecule has 1 N–H and O–H groups in total. The quantitative estimate of drug-likeness (QED) is 0.358. The summed E-state index contributed by atoms with van der Waals surface area (Å²) >= 11 is 0. The number of fused-ring (bicyclic) bond motifs is 1. The van der Waals surface area contributed by atoms with Crippen LogP contribution in [0.15, 0.2) is 40.3 Å². The van der Waals surface area contributed by atoms with Crippen LogP contribution in [0.5, 0.6) is 0 Å². The van der Waals surface area contributed by atoms with Crippen molar-refractivity contribution in [3.63, 3.8) is 0 Å². The first-order valence-electron chi connectivity index (χ1n) is 13.4. The lowest BCUT2D eigenvalue weighted by atomic mass is 9.70. The molecule has 4 heteroatoms. The Bertz CT molecular complexity index is 1040. The summed E-state index contributed by atoms with van der Waals surface area (Å²) in [5.74, 6) is 2.24. The molecule has 2 heterocycles. The third-order valence-corrected chi connectivity index (χ3v) is 8.05. The fourth-order valence-corrected chi connectivity index (χ4v) is 5.64. The number of benzene rings is 1. The lowest BCUT2D eigenvalue weighted by Gasteiger charge is -2.36. The van der Waals surface area contributed by atoms with Crippen molar-refractivity contribution < 1.29 is 14.3 Å². The van der Waals surface area contributed by atoms with E-state index in [1.807, 2.05) is 11.0 Å². The summed E-state index contributed by atoms with van der Waals surface area (Å²) in [6.07, 6.45) is 5.86. The Morgan fingerprint density at radius 1 is 1.23 bits per heavy atom. The van der Waals surface area contributed by atoms with E-state index in [1.165, 1.54) is 11.1 Å². The monoisotopic (exact) mass is 481 g/mol. The molecule has 0 saturated carbocycles. The first kappa shape index (κ1) is 27.5. The zero-order valence-corrected chi connectivity index (χ0v) is 23.3. The molecule has 1 aliphatic rings. The van der Waals surface area contributed by atoms with Crippen LogP contribution >= 0.6 is 0 Å². The molecule has 1 saturated heterocycles. The Labute approximate surface area is 212 Å². The van der Waals surface area contributed by atoms with Crippen LogP contribution in [0.4, 0.5) is 0 Å². The molecule has 0 radical (unpaired) electrons. The number of nitrogens with zero attached hydrogens (tertiary/aromatic N) is 1. The average molecular weight is 482 g/mol. The molecule has 35 heavy (non-hydrogen) atoms. The maximum atomic E-state index is 12.8. The number of carbonyl (C=O) groups excluding carboxylic acids is 1. The van der Waals surface area contributed by atoms with Crippen LogP contribution < -0.4 is 0 Å². The highest BCUT2D eigenvalue weighted by atomic mass is 16.3. The average Bonchev–Trinajstić information content (AvgIpc) is 3.36. The standard InChI is InChI=1S/C31H47NO3/c1-21(2)26(20-33)31(7,8)15-14-22(3)11-10-16-32-19-23(17-29(32)34)24-12-9-13-27-25(24)18-28(35-27)30(4,5)6/h9,11-13,18,21,23,26,33H,10,14-17,19-20H2,1-8H3/b22-11+. The Hall–Kier alpha value is -2.07. The minimum atomic E-state index is -0.0407. The molecule has 2 unspecified atom stereocenters. The molecule has 1 amide bonds. The molecule has 0 spiro atoms. The van der Waals surface area contributed by atoms with Crippen molar-refractivity contribution >= 4 is 16.9 Å². The van der Waals surface area contributed by atoms with Gasteiger partial charge in [0.25, 0.3) is 0 Å². The maximum Gasteiger partial charge on any atom is 0.223 e. The van der Waals surface area contributed by atoms with Gasteiger partial charge in [-0.2, -0.15) is 0 Å². The predicted octanol–water partition coefficient (Wildman–Crippen LogP) is 7.45. The summed E-state index contributed by atoms with van der Waals surface area (Å²) in [6, 6.07) is 8.41. The molecule has 1 aromatic carbocycles. The van der Waals surface area contributed by atoms with Crippen molar-refractivity contribution in [2.75, 3.05) is 19.7 Å². The van der Waals surface area contributed by atoms with Crippen LogP contribution in [0, 0.1) is 17.3 Å². The summed E-state index contributed by atoms with van der Waals surface area (Å²) in [6.45, 7) is 19.4. The number of rotatable bonds is 10. The molecule has 1 aliphatic heterocycles. The van der Waals surface area contributed by atoms with Crippen LogP contribution in [0.25, 0.3) is 11.0 Å². The van der Waals surface area contributed by atoms with Crippen LogP contribution in [0.2, 0.25) is 0 Å². The largest absolute Gasteiger partial charge is 0.461 e. The third-order valence-electron chi connectivity index (χ3n) is 8.05. The van der Waals surface area contributed by atoms with Gasteiger partial charge in [-0.3, -0.25) is 4.79 Å². The molecule has 1 fully saturated rings. The molecular weight excluding hydrogens is 434 g/mol. The van der Waals surface area contributed by atoms with E-state index in [-0.39, 0.29) is 29.3 Å². The summed E-state index contributed by atoms with van der Waals surface area (Å²) in [4.78, 5) is 14.9. The van der Waals surface area contributed by atoms with Gasteiger partial charge in [-0.1, -0.05) is 72.2 Å². The van der Waals surface area contributed by atoms with Crippen LogP contribution in [-0.4, -0.2) is 35.6 Å². The summed E-state index contributed by atoms with van der Waals surface area (Å²) < 4.78 is 6.14. The van der Waals surface area contributed by atoms with E-state index < -0.39 is 0 Å². The van der Waals surface area contributed by atoms with E-state index in [0.29, 0.717) is 18.3 Å². The first-order valence-corrected chi connectivity index (χ1v) is 13.4. The zero-order chi connectivity index (χ0) is 26.0. The van der Waals surface area contributed by atoms with Crippen molar-refractivity contribution in [3.8, 4) is 0 Å². The van der Waals surface area contributed by atoms with E-state index in [9.17, 15) is 9.90 Å². The second kappa shape index (κ2) is 10.9. The Morgan fingerprint density at radius 2 is 1.94 bits per heavy atom. The SMILES string of the molecule is C/C(=C\CCN1CC(c2cccc3oc(C(C)(C)C)cc23)CC1=O)CCC(C)(C)C(CO)C(C)C. The van der Waals surface area contributed by atoms with Gasteiger partial charge in [-0.15, -0.1) is 0 Å². The predicted molar refractivity (Wildman–Crippen MR) is 146 cm³/mol. The Morgan fingerprint density at radius 3 is 2.57 bits per heavy atom. The van der Waals surface area contributed by atoms with Gasteiger partial charge in [-0.25, -0.2) is 0 Å². The second-order valence-electron chi connectivity index (χ2n) is 12.7. The number of hydrogen-bond acceptors (Lipinski definition) is 3. The van der Waals surface area contributed by atoms with E-state index >= 15 is 0 Å². The van der Waals surface area contributed by atoms with Crippen molar-refractivity contribution in [2.24, 2.45) is 17.3 Å². The first-order chi connectivity index (χ1) is 16.3. The molecule has 4 nitrogen and oxygen atoms in total. The van der Waals surface area contributed by atoms with Crippen molar-refractivity contribution in [2.45, 2.75) is 92.4 Å². The number of amides is 1. The number of aliphatic hydroxyl groups is 1. The minimum absolute atomic E-state index is 0.0407. The maximum absolute atomic E-state index is 12.8. The Kier molecular flexibility index (Phi) is 8.57. The van der Waals surface area contributed by atoms with Gasteiger partial charge < -0.3 is 14.4 Å². The van der Waals surface area contributed by atoms with Gasteiger partial charge in [-0.05, 0) is 61.1 Å². The smallest absolute Gasteiger partial charge is 0.223 e. The molecule has 0 aliphatic carbocycles.